The highest BCUT2D eigenvalue weighted by atomic mass is 16.2. The predicted molar refractivity (Wildman–Crippen MR) is 44.9 cm³/mol. The van der Waals surface area contributed by atoms with Crippen LogP contribution >= 0.6 is 0 Å². The molecule has 0 aromatic carbocycles. The fourth-order valence-corrected chi connectivity index (χ4v) is 1.22. The fourth-order valence-electron chi connectivity index (χ4n) is 1.22. The Hall–Kier alpha value is -0.790. The van der Waals surface area contributed by atoms with Crippen molar-refractivity contribution in [2.75, 3.05) is 7.05 Å². The second-order valence-electron chi connectivity index (χ2n) is 3.93. The normalized spacial score (nSPS) is 23.5. The van der Waals surface area contributed by atoms with Crippen LogP contribution in [0.3, 0.4) is 0 Å². The van der Waals surface area contributed by atoms with Crippen molar-refractivity contribution < 1.29 is 4.79 Å². The van der Waals surface area contributed by atoms with E-state index in [1.807, 2.05) is 6.20 Å². The molecule has 2 heteroatoms. The lowest BCUT2D eigenvalue weighted by molar-refractivity contribution is -0.129. The summed E-state index contributed by atoms with van der Waals surface area (Å²) in [5.41, 5.74) is 0.137. The molecular formula is C9H15NO. The van der Waals surface area contributed by atoms with Gasteiger partial charge < -0.3 is 4.90 Å². The first kappa shape index (κ1) is 8.31. The van der Waals surface area contributed by atoms with Gasteiger partial charge in [-0.3, -0.25) is 4.79 Å². The van der Waals surface area contributed by atoms with Crippen molar-refractivity contribution in [3.05, 3.63) is 12.3 Å². The second kappa shape index (κ2) is 2.68. The number of carbonyl (C=O) groups is 1. The van der Waals surface area contributed by atoms with E-state index >= 15 is 0 Å². The number of allylic oxidation sites excluding steroid dienone is 1. The first-order chi connectivity index (χ1) is 5.01. The molecule has 1 aliphatic rings. The van der Waals surface area contributed by atoms with Crippen molar-refractivity contribution in [2.45, 2.75) is 26.7 Å². The van der Waals surface area contributed by atoms with Crippen LogP contribution in [-0.4, -0.2) is 17.9 Å². The molecule has 0 aromatic heterocycles. The molecule has 0 N–H and O–H groups in total. The zero-order valence-corrected chi connectivity index (χ0v) is 7.42. The predicted octanol–water partition coefficient (Wildman–Crippen LogP) is 1.78. The van der Waals surface area contributed by atoms with E-state index in [0.29, 0.717) is 6.42 Å². The average molecular weight is 153 g/mol. The third-order valence-electron chi connectivity index (χ3n) is 2.02. The maximum atomic E-state index is 11.3. The zero-order valence-electron chi connectivity index (χ0n) is 7.42. The summed E-state index contributed by atoms with van der Waals surface area (Å²) in [6.45, 7) is 4.24. The number of amides is 1. The molecule has 1 aliphatic heterocycles. The minimum atomic E-state index is 0.137. The maximum Gasteiger partial charge on any atom is 0.226 e. The van der Waals surface area contributed by atoms with E-state index in [1.54, 1.807) is 11.9 Å². The van der Waals surface area contributed by atoms with E-state index in [2.05, 4.69) is 19.9 Å². The van der Waals surface area contributed by atoms with Crippen LogP contribution in [-0.2, 0) is 4.79 Å². The fraction of sp³-hybridized carbons (Fsp3) is 0.667. The van der Waals surface area contributed by atoms with Gasteiger partial charge in [-0.05, 0) is 11.8 Å². The van der Waals surface area contributed by atoms with Crippen molar-refractivity contribution in [3.63, 3.8) is 0 Å². The zero-order chi connectivity index (χ0) is 8.48. The summed E-state index contributed by atoms with van der Waals surface area (Å²) < 4.78 is 0. The molecule has 0 spiro atoms. The summed E-state index contributed by atoms with van der Waals surface area (Å²) in [5.74, 6) is 0.212. The van der Waals surface area contributed by atoms with Crippen LogP contribution < -0.4 is 0 Å². The molecule has 0 aliphatic carbocycles. The average Bonchev–Trinajstić information content (AvgIpc) is 1.93. The summed E-state index contributed by atoms with van der Waals surface area (Å²) >= 11 is 0. The summed E-state index contributed by atoms with van der Waals surface area (Å²) in [7, 11) is 1.81. The second-order valence-corrected chi connectivity index (χ2v) is 3.93. The van der Waals surface area contributed by atoms with Crippen molar-refractivity contribution >= 4 is 5.91 Å². The Morgan fingerprint density at radius 2 is 2.18 bits per heavy atom. The van der Waals surface area contributed by atoms with Crippen LogP contribution in [0.5, 0.6) is 0 Å². The van der Waals surface area contributed by atoms with Gasteiger partial charge >= 0.3 is 0 Å². The molecule has 0 atom stereocenters. The number of rotatable bonds is 0. The first-order valence-corrected chi connectivity index (χ1v) is 3.94. The first-order valence-electron chi connectivity index (χ1n) is 3.94. The highest BCUT2D eigenvalue weighted by Crippen LogP contribution is 2.28. The molecule has 1 rings (SSSR count). The van der Waals surface area contributed by atoms with Gasteiger partial charge in [0.05, 0.1) is 0 Å². The summed E-state index contributed by atoms with van der Waals surface area (Å²) in [4.78, 5) is 13.0. The Bertz CT molecular complexity index is 194. The Balaban J connectivity index is 2.74. The summed E-state index contributed by atoms with van der Waals surface area (Å²) in [6.07, 6.45) is 5.56. The molecule has 0 fully saturated rings. The third-order valence-corrected chi connectivity index (χ3v) is 2.02. The lowest BCUT2D eigenvalue weighted by Crippen LogP contribution is -2.24. The SMILES string of the molecule is CN1C=CCC(C)(C)CC1=O. The van der Waals surface area contributed by atoms with Gasteiger partial charge in [0, 0.05) is 19.7 Å². The molecule has 0 unspecified atom stereocenters. The Labute approximate surface area is 67.9 Å². The largest absolute Gasteiger partial charge is 0.322 e. The van der Waals surface area contributed by atoms with E-state index in [0.717, 1.165) is 6.42 Å². The van der Waals surface area contributed by atoms with Gasteiger partial charge in [-0.1, -0.05) is 19.9 Å². The third kappa shape index (κ3) is 2.07. The quantitative estimate of drug-likeness (QED) is 0.519. The lowest BCUT2D eigenvalue weighted by Gasteiger charge is -2.20. The van der Waals surface area contributed by atoms with E-state index in [4.69, 9.17) is 0 Å². The minimum absolute atomic E-state index is 0.137. The molecule has 0 saturated carbocycles. The van der Waals surface area contributed by atoms with Crippen molar-refractivity contribution in [3.8, 4) is 0 Å². The van der Waals surface area contributed by atoms with E-state index in [9.17, 15) is 4.79 Å². The van der Waals surface area contributed by atoms with Crippen molar-refractivity contribution in [2.24, 2.45) is 5.41 Å². The van der Waals surface area contributed by atoms with Gasteiger partial charge in [-0.2, -0.15) is 0 Å². The number of carbonyl (C=O) groups excluding carboxylic acids is 1. The van der Waals surface area contributed by atoms with Crippen LogP contribution in [0.15, 0.2) is 12.3 Å². The maximum absolute atomic E-state index is 11.3. The van der Waals surface area contributed by atoms with Gasteiger partial charge in [0.2, 0.25) is 5.91 Å². The van der Waals surface area contributed by atoms with Crippen LogP contribution in [0.4, 0.5) is 0 Å². The van der Waals surface area contributed by atoms with Gasteiger partial charge in [0.25, 0.3) is 0 Å². The van der Waals surface area contributed by atoms with Crippen molar-refractivity contribution in [1.82, 2.24) is 4.90 Å². The van der Waals surface area contributed by atoms with E-state index in [1.165, 1.54) is 0 Å². The van der Waals surface area contributed by atoms with E-state index in [-0.39, 0.29) is 11.3 Å². The molecule has 62 valence electrons. The lowest BCUT2D eigenvalue weighted by atomic mass is 9.86. The van der Waals surface area contributed by atoms with E-state index < -0.39 is 0 Å². The van der Waals surface area contributed by atoms with Crippen LogP contribution in [0.25, 0.3) is 0 Å². The van der Waals surface area contributed by atoms with Gasteiger partial charge in [-0.15, -0.1) is 0 Å². The topological polar surface area (TPSA) is 20.3 Å². The van der Waals surface area contributed by atoms with Crippen LogP contribution in [0.1, 0.15) is 26.7 Å². The number of nitrogens with zero attached hydrogens (tertiary/aromatic N) is 1. The van der Waals surface area contributed by atoms with Crippen LogP contribution in [0.2, 0.25) is 0 Å². The summed E-state index contributed by atoms with van der Waals surface area (Å²) in [5, 5.41) is 0. The highest BCUT2D eigenvalue weighted by Gasteiger charge is 2.24. The van der Waals surface area contributed by atoms with Gasteiger partial charge in [0.1, 0.15) is 0 Å². The molecule has 0 saturated heterocycles. The Morgan fingerprint density at radius 1 is 1.55 bits per heavy atom. The smallest absolute Gasteiger partial charge is 0.226 e. The molecule has 0 radical (unpaired) electrons. The monoisotopic (exact) mass is 153 g/mol. The molecule has 1 heterocycles. The Kier molecular flexibility index (Phi) is 2.03. The van der Waals surface area contributed by atoms with Gasteiger partial charge in [0.15, 0.2) is 0 Å². The highest BCUT2D eigenvalue weighted by molar-refractivity contribution is 5.77. The standard InChI is InChI=1S/C9H15NO/c1-9(2)5-4-6-10(3)8(11)7-9/h4,6H,5,7H2,1-3H3. The molecule has 0 bridgehead atoms. The van der Waals surface area contributed by atoms with Gasteiger partial charge in [-0.25, -0.2) is 0 Å². The molecule has 1 amide bonds. The number of hydrogen-bond donors (Lipinski definition) is 0. The summed E-state index contributed by atoms with van der Waals surface area (Å²) in [6, 6.07) is 0. The van der Waals surface area contributed by atoms with Crippen molar-refractivity contribution in [1.29, 1.82) is 0 Å². The molecule has 2 nitrogen and oxygen atoms in total. The number of hydrogen-bond acceptors (Lipinski definition) is 1. The molecule has 0 aromatic rings. The Morgan fingerprint density at radius 3 is 2.82 bits per heavy atom. The molecule has 11 heavy (non-hydrogen) atoms. The minimum Gasteiger partial charge on any atom is -0.322 e. The van der Waals surface area contributed by atoms with Crippen LogP contribution in [0, 0.1) is 5.41 Å². The molecular weight excluding hydrogens is 138 g/mol.